The highest BCUT2D eigenvalue weighted by Crippen LogP contribution is 2.50. The van der Waals surface area contributed by atoms with Crippen molar-refractivity contribution < 1.29 is 23.9 Å². The number of nitrogens with zero attached hydrogens (tertiary/aromatic N) is 1. The summed E-state index contributed by atoms with van der Waals surface area (Å²) in [5, 5.41) is 9.85. The topological polar surface area (TPSA) is 87.1 Å². The normalized spacial score (nSPS) is 36.6. The molecule has 2 heterocycles. The highest BCUT2D eigenvalue weighted by atomic mass is 31.2. The SMILES string of the molecule is CC1[C@H](OP(=O)(O)c2ccccc2)[C@H](C(=O)O)[C@H]2CC[C@@H]1N2C. The van der Waals surface area contributed by atoms with Crippen molar-refractivity contribution in [1.29, 1.82) is 0 Å². The van der Waals surface area contributed by atoms with Crippen LogP contribution in [0.15, 0.2) is 30.3 Å². The fourth-order valence-corrected chi connectivity index (χ4v) is 5.46. The Kier molecular flexibility index (Phi) is 4.36. The lowest BCUT2D eigenvalue weighted by Crippen LogP contribution is -2.57. The van der Waals surface area contributed by atoms with Gasteiger partial charge in [-0.3, -0.25) is 14.3 Å². The van der Waals surface area contributed by atoms with Crippen LogP contribution in [0.2, 0.25) is 0 Å². The van der Waals surface area contributed by atoms with Crippen LogP contribution in [0.25, 0.3) is 0 Å². The number of piperidine rings is 1. The highest BCUT2D eigenvalue weighted by Gasteiger charge is 2.54. The quantitative estimate of drug-likeness (QED) is 0.812. The van der Waals surface area contributed by atoms with E-state index in [1.807, 2.05) is 14.0 Å². The highest BCUT2D eigenvalue weighted by molar-refractivity contribution is 7.61. The van der Waals surface area contributed by atoms with E-state index in [9.17, 15) is 19.4 Å². The van der Waals surface area contributed by atoms with E-state index >= 15 is 0 Å². The number of hydrogen-bond acceptors (Lipinski definition) is 4. The Morgan fingerprint density at radius 3 is 2.48 bits per heavy atom. The summed E-state index contributed by atoms with van der Waals surface area (Å²) >= 11 is 0. The first-order chi connectivity index (χ1) is 10.8. The van der Waals surface area contributed by atoms with Crippen LogP contribution in [-0.2, 0) is 13.9 Å². The number of carbonyl (C=O) groups is 1. The molecule has 0 spiro atoms. The largest absolute Gasteiger partial charge is 0.481 e. The minimum Gasteiger partial charge on any atom is -0.481 e. The average molecular weight is 339 g/mol. The molecule has 6 atom stereocenters. The van der Waals surface area contributed by atoms with Gasteiger partial charge in [-0.05, 0) is 37.9 Å². The van der Waals surface area contributed by atoms with Crippen LogP contribution in [0.1, 0.15) is 19.8 Å². The van der Waals surface area contributed by atoms with Gasteiger partial charge in [0.15, 0.2) is 0 Å². The van der Waals surface area contributed by atoms with Crippen molar-refractivity contribution in [1.82, 2.24) is 4.90 Å². The molecule has 2 aliphatic rings. The third kappa shape index (κ3) is 2.85. The molecule has 2 saturated heterocycles. The third-order valence-electron chi connectivity index (χ3n) is 5.33. The van der Waals surface area contributed by atoms with E-state index in [2.05, 4.69) is 4.90 Å². The molecule has 2 N–H and O–H groups in total. The van der Waals surface area contributed by atoms with E-state index in [1.54, 1.807) is 18.2 Å². The summed E-state index contributed by atoms with van der Waals surface area (Å²) in [7, 11) is -2.12. The lowest BCUT2D eigenvalue weighted by molar-refractivity contribution is -0.154. The van der Waals surface area contributed by atoms with E-state index < -0.39 is 25.6 Å². The number of rotatable bonds is 4. The number of benzene rings is 1. The van der Waals surface area contributed by atoms with Crippen molar-refractivity contribution in [3.05, 3.63) is 30.3 Å². The van der Waals surface area contributed by atoms with Gasteiger partial charge in [0, 0.05) is 12.1 Å². The Morgan fingerprint density at radius 1 is 1.26 bits per heavy atom. The van der Waals surface area contributed by atoms with Gasteiger partial charge in [0.2, 0.25) is 0 Å². The molecule has 23 heavy (non-hydrogen) atoms. The van der Waals surface area contributed by atoms with Gasteiger partial charge in [-0.15, -0.1) is 0 Å². The zero-order valence-corrected chi connectivity index (χ0v) is 14.1. The van der Waals surface area contributed by atoms with Crippen LogP contribution >= 0.6 is 7.60 Å². The Balaban J connectivity index is 1.91. The molecule has 2 aliphatic heterocycles. The van der Waals surface area contributed by atoms with Gasteiger partial charge in [-0.1, -0.05) is 25.1 Å². The van der Waals surface area contributed by atoms with Crippen molar-refractivity contribution in [3.8, 4) is 0 Å². The van der Waals surface area contributed by atoms with Crippen LogP contribution in [0.3, 0.4) is 0 Å². The van der Waals surface area contributed by atoms with E-state index in [1.165, 1.54) is 12.1 Å². The summed E-state index contributed by atoms with van der Waals surface area (Å²) in [6, 6.07) is 8.19. The molecule has 2 bridgehead atoms. The van der Waals surface area contributed by atoms with Crippen molar-refractivity contribution in [2.75, 3.05) is 7.05 Å². The zero-order valence-electron chi connectivity index (χ0n) is 13.2. The number of fused-ring (bicyclic) bond motifs is 2. The van der Waals surface area contributed by atoms with Gasteiger partial charge in [0.25, 0.3) is 0 Å². The number of hydrogen-bond donors (Lipinski definition) is 2. The second-order valence-electron chi connectivity index (χ2n) is 6.53. The summed E-state index contributed by atoms with van der Waals surface area (Å²) in [5.74, 6) is -1.88. The summed E-state index contributed by atoms with van der Waals surface area (Å²) in [5.41, 5.74) is 0. The van der Waals surface area contributed by atoms with Gasteiger partial charge in [0.1, 0.15) is 0 Å². The van der Waals surface area contributed by atoms with Crippen molar-refractivity contribution in [2.45, 2.75) is 38.0 Å². The first-order valence-electron chi connectivity index (χ1n) is 7.84. The summed E-state index contributed by atoms with van der Waals surface area (Å²) in [6.45, 7) is 1.91. The standard InChI is InChI=1S/C16H22NO5P/c1-10-12-8-9-13(17(12)2)14(16(18)19)15(10)22-23(20,21)11-6-4-3-5-7-11/h3-7,10,12-15H,8-9H2,1-2H3,(H,18,19)(H,20,21)/t10?,12-,13+,14+,15-/m0/s1. The molecule has 7 heteroatoms. The summed E-state index contributed by atoms with van der Waals surface area (Å²) in [6.07, 6.45) is 0.911. The predicted molar refractivity (Wildman–Crippen MR) is 85.6 cm³/mol. The van der Waals surface area contributed by atoms with Gasteiger partial charge < -0.3 is 14.5 Å². The zero-order chi connectivity index (χ0) is 16.8. The number of aliphatic carboxylic acids is 1. The minimum absolute atomic E-state index is 0.121. The van der Waals surface area contributed by atoms with Gasteiger partial charge in [-0.2, -0.15) is 0 Å². The summed E-state index contributed by atoms with van der Waals surface area (Å²) < 4.78 is 18.2. The van der Waals surface area contributed by atoms with E-state index in [4.69, 9.17) is 4.52 Å². The Hall–Kier alpha value is -1.20. The van der Waals surface area contributed by atoms with Crippen LogP contribution in [-0.4, -0.2) is 46.1 Å². The molecule has 1 aromatic rings. The molecule has 2 fully saturated rings. The molecule has 2 unspecified atom stereocenters. The molecule has 0 saturated carbocycles. The van der Waals surface area contributed by atoms with Crippen LogP contribution < -0.4 is 5.30 Å². The van der Waals surface area contributed by atoms with Crippen molar-refractivity contribution >= 4 is 18.9 Å². The van der Waals surface area contributed by atoms with Crippen LogP contribution in [0, 0.1) is 11.8 Å². The minimum atomic E-state index is -4.05. The Morgan fingerprint density at radius 2 is 1.87 bits per heavy atom. The monoisotopic (exact) mass is 339 g/mol. The molecule has 0 amide bonds. The number of carboxylic acid groups (broad SMARTS) is 1. The van der Waals surface area contributed by atoms with E-state index in [0.29, 0.717) is 0 Å². The van der Waals surface area contributed by atoms with Gasteiger partial charge in [0.05, 0.1) is 17.3 Å². The molecule has 6 nitrogen and oxygen atoms in total. The molecule has 1 aromatic carbocycles. The molecule has 126 valence electrons. The van der Waals surface area contributed by atoms with Gasteiger partial charge >= 0.3 is 13.6 Å². The van der Waals surface area contributed by atoms with Crippen LogP contribution in [0.4, 0.5) is 0 Å². The second kappa shape index (κ2) is 6.02. The number of carboxylic acids is 1. The maximum absolute atomic E-state index is 12.6. The molecule has 0 aromatic heterocycles. The molecule has 0 radical (unpaired) electrons. The third-order valence-corrected chi connectivity index (χ3v) is 6.81. The Labute approximate surface area is 135 Å². The fourth-order valence-electron chi connectivity index (χ4n) is 4.14. The average Bonchev–Trinajstić information content (AvgIpc) is 2.80. The van der Waals surface area contributed by atoms with Crippen molar-refractivity contribution in [3.63, 3.8) is 0 Å². The smallest absolute Gasteiger partial charge is 0.359 e. The first kappa shape index (κ1) is 16.7. The Bertz CT molecular complexity index is 637. The van der Waals surface area contributed by atoms with Crippen LogP contribution in [0.5, 0.6) is 0 Å². The van der Waals surface area contributed by atoms with Crippen molar-refractivity contribution in [2.24, 2.45) is 11.8 Å². The molecule has 3 rings (SSSR count). The second-order valence-corrected chi connectivity index (χ2v) is 8.29. The maximum atomic E-state index is 12.6. The molecule has 0 aliphatic carbocycles. The maximum Gasteiger partial charge on any atom is 0.359 e. The van der Waals surface area contributed by atoms with E-state index in [0.717, 1.165) is 12.8 Å². The molecular formula is C16H22NO5P. The lowest BCUT2D eigenvalue weighted by atomic mass is 9.81. The van der Waals surface area contributed by atoms with Gasteiger partial charge in [-0.25, -0.2) is 0 Å². The predicted octanol–water partition coefficient (Wildman–Crippen LogP) is 1.70. The lowest BCUT2D eigenvalue weighted by Gasteiger charge is -2.45. The molecular weight excluding hydrogens is 317 g/mol. The summed E-state index contributed by atoms with van der Waals surface area (Å²) in [4.78, 5) is 24.2. The fraction of sp³-hybridized carbons (Fsp3) is 0.562. The first-order valence-corrected chi connectivity index (χ1v) is 9.42. The van der Waals surface area contributed by atoms with E-state index in [-0.39, 0.29) is 23.3 Å².